The first-order valence-electron chi connectivity index (χ1n) is 9.34. The van der Waals surface area contributed by atoms with Crippen LogP contribution in [0.1, 0.15) is 84.5 Å². The summed E-state index contributed by atoms with van der Waals surface area (Å²) < 4.78 is 0. The first kappa shape index (κ1) is 21.9. The lowest BCUT2D eigenvalue weighted by atomic mass is 10.1. The molecule has 136 valence electrons. The molecule has 0 unspecified atom stereocenters. The van der Waals surface area contributed by atoms with Crippen LogP contribution in [0, 0.1) is 0 Å². The van der Waals surface area contributed by atoms with Gasteiger partial charge in [-0.3, -0.25) is 9.59 Å². The molecule has 0 aromatic heterocycles. The van der Waals surface area contributed by atoms with E-state index in [0.29, 0.717) is 13.1 Å². The monoisotopic (exact) mass is 328 g/mol. The van der Waals surface area contributed by atoms with E-state index in [1.807, 2.05) is 0 Å². The minimum absolute atomic E-state index is 0.156. The molecular formula is C18H36N2O3. The minimum atomic E-state index is -1.24. The van der Waals surface area contributed by atoms with Gasteiger partial charge in [-0.2, -0.15) is 0 Å². The highest BCUT2D eigenvalue weighted by molar-refractivity contribution is 5.87. The first-order chi connectivity index (χ1) is 11.1. The third-order valence-electron chi connectivity index (χ3n) is 3.86. The standard InChI is InChI=1S/C18H36N2O3/c1-3-5-7-9-11-13-19-17(22)15-16(21)18(23)20-14-12-10-8-6-4-2/h16,21H,3-15H2,1-2H3,(H,19,22)(H,20,23)/t16-/m1/s1. The molecule has 0 heterocycles. The summed E-state index contributed by atoms with van der Waals surface area (Å²) in [6.45, 7) is 5.51. The first-order valence-corrected chi connectivity index (χ1v) is 9.34. The van der Waals surface area contributed by atoms with Gasteiger partial charge in [-0.25, -0.2) is 0 Å². The summed E-state index contributed by atoms with van der Waals surface area (Å²) in [6, 6.07) is 0. The fraction of sp³-hybridized carbons (Fsp3) is 0.889. The van der Waals surface area contributed by atoms with Crippen LogP contribution in [0.3, 0.4) is 0 Å². The molecular weight excluding hydrogens is 292 g/mol. The van der Waals surface area contributed by atoms with Crippen molar-refractivity contribution in [2.45, 2.75) is 90.6 Å². The van der Waals surface area contributed by atoms with E-state index in [1.54, 1.807) is 0 Å². The third-order valence-corrected chi connectivity index (χ3v) is 3.86. The molecule has 0 aliphatic rings. The van der Waals surface area contributed by atoms with Crippen molar-refractivity contribution >= 4 is 11.8 Å². The quantitative estimate of drug-likeness (QED) is 0.404. The highest BCUT2D eigenvalue weighted by atomic mass is 16.3. The number of carbonyl (C=O) groups is 2. The Morgan fingerprint density at radius 3 is 1.78 bits per heavy atom. The van der Waals surface area contributed by atoms with Gasteiger partial charge < -0.3 is 15.7 Å². The van der Waals surface area contributed by atoms with Crippen LogP contribution >= 0.6 is 0 Å². The Bertz CT molecular complexity index is 309. The number of amides is 2. The van der Waals surface area contributed by atoms with E-state index in [9.17, 15) is 14.7 Å². The Morgan fingerprint density at radius 1 is 0.783 bits per heavy atom. The van der Waals surface area contributed by atoms with Gasteiger partial charge >= 0.3 is 0 Å². The molecule has 0 aromatic carbocycles. The summed E-state index contributed by atoms with van der Waals surface area (Å²) in [7, 11) is 0. The second kappa shape index (κ2) is 15.8. The molecule has 5 heteroatoms. The van der Waals surface area contributed by atoms with E-state index in [1.165, 1.54) is 38.5 Å². The molecule has 0 aliphatic carbocycles. The molecule has 0 spiro atoms. The highest BCUT2D eigenvalue weighted by Crippen LogP contribution is 2.02. The zero-order valence-corrected chi connectivity index (χ0v) is 15.0. The Hall–Kier alpha value is -1.10. The average molecular weight is 328 g/mol. The molecule has 0 saturated carbocycles. The predicted octanol–water partition coefficient (Wildman–Crippen LogP) is 2.91. The Kier molecular flexibility index (Phi) is 15.0. The van der Waals surface area contributed by atoms with Gasteiger partial charge in [0.15, 0.2) is 0 Å². The second-order valence-corrected chi connectivity index (χ2v) is 6.19. The van der Waals surface area contributed by atoms with E-state index in [0.717, 1.165) is 25.7 Å². The summed E-state index contributed by atoms with van der Waals surface area (Å²) >= 11 is 0. The van der Waals surface area contributed by atoms with Gasteiger partial charge in [0.2, 0.25) is 11.8 Å². The molecule has 23 heavy (non-hydrogen) atoms. The number of aliphatic hydroxyl groups excluding tert-OH is 1. The smallest absolute Gasteiger partial charge is 0.249 e. The van der Waals surface area contributed by atoms with Crippen LogP contribution in [-0.2, 0) is 9.59 Å². The van der Waals surface area contributed by atoms with E-state index < -0.39 is 12.0 Å². The maximum Gasteiger partial charge on any atom is 0.249 e. The minimum Gasteiger partial charge on any atom is -0.383 e. The fourth-order valence-electron chi connectivity index (χ4n) is 2.35. The normalized spacial score (nSPS) is 12.0. The fourth-order valence-corrected chi connectivity index (χ4v) is 2.35. The highest BCUT2D eigenvalue weighted by Gasteiger charge is 2.18. The van der Waals surface area contributed by atoms with E-state index in [-0.39, 0.29) is 12.3 Å². The van der Waals surface area contributed by atoms with Gasteiger partial charge in [0.1, 0.15) is 6.10 Å². The molecule has 0 aliphatic heterocycles. The van der Waals surface area contributed by atoms with Crippen LogP contribution in [0.2, 0.25) is 0 Å². The van der Waals surface area contributed by atoms with Crippen molar-refractivity contribution < 1.29 is 14.7 Å². The Labute approximate surface area is 141 Å². The molecule has 0 rings (SSSR count). The number of hydrogen-bond acceptors (Lipinski definition) is 3. The Morgan fingerprint density at radius 2 is 1.26 bits per heavy atom. The molecule has 0 bridgehead atoms. The van der Waals surface area contributed by atoms with E-state index in [4.69, 9.17) is 0 Å². The van der Waals surface area contributed by atoms with Crippen LogP contribution in [0.5, 0.6) is 0 Å². The second-order valence-electron chi connectivity index (χ2n) is 6.19. The van der Waals surface area contributed by atoms with Crippen molar-refractivity contribution in [1.29, 1.82) is 0 Å². The predicted molar refractivity (Wildman–Crippen MR) is 94.2 cm³/mol. The summed E-state index contributed by atoms with van der Waals surface area (Å²) in [5, 5.41) is 15.2. The van der Waals surface area contributed by atoms with Crippen molar-refractivity contribution in [2.75, 3.05) is 13.1 Å². The number of nitrogens with one attached hydrogen (secondary N) is 2. The van der Waals surface area contributed by atoms with Crippen LogP contribution in [-0.4, -0.2) is 36.1 Å². The number of unbranched alkanes of at least 4 members (excludes halogenated alkanes) is 8. The maximum atomic E-state index is 11.7. The summed E-state index contributed by atoms with van der Waals surface area (Å²) in [5.74, 6) is -0.704. The third kappa shape index (κ3) is 14.2. The lowest BCUT2D eigenvalue weighted by molar-refractivity contribution is -0.134. The molecule has 0 saturated heterocycles. The van der Waals surface area contributed by atoms with Crippen molar-refractivity contribution in [3.05, 3.63) is 0 Å². The average Bonchev–Trinajstić information content (AvgIpc) is 2.53. The SMILES string of the molecule is CCCCCCCNC(=O)C[C@@H](O)C(=O)NCCCCCCC. The van der Waals surface area contributed by atoms with Gasteiger partial charge in [-0.1, -0.05) is 65.2 Å². The van der Waals surface area contributed by atoms with Gasteiger partial charge in [-0.15, -0.1) is 0 Å². The number of aliphatic hydroxyl groups is 1. The van der Waals surface area contributed by atoms with Gasteiger partial charge in [0.05, 0.1) is 6.42 Å². The largest absolute Gasteiger partial charge is 0.383 e. The molecule has 3 N–H and O–H groups in total. The van der Waals surface area contributed by atoms with Crippen LogP contribution in [0.25, 0.3) is 0 Å². The van der Waals surface area contributed by atoms with E-state index >= 15 is 0 Å². The lowest BCUT2D eigenvalue weighted by Gasteiger charge is -2.11. The number of hydrogen-bond donors (Lipinski definition) is 3. The van der Waals surface area contributed by atoms with Gasteiger partial charge in [0.25, 0.3) is 0 Å². The number of rotatable bonds is 15. The summed E-state index contributed by atoms with van der Waals surface area (Å²) in [4.78, 5) is 23.3. The topological polar surface area (TPSA) is 78.4 Å². The van der Waals surface area contributed by atoms with Crippen molar-refractivity contribution in [3.63, 3.8) is 0 Å². The molecule has 0 aromatic rings. The molecule has 5 nitrogen and oxygen atoms in total. The van der Waals surface area contributed by atoms with Gasteiger partial charge in [-0.05, 0) is 12.8 Å². The summed E-state index contributed by atoms with van der Waals surface area (Å²) in [5.41, 5.74) is 0. The van der Waals surface area contributed by atoms with Gasteiger partial charge in [0, 0.05) is 13.1 Å². The molecule has 1 atom stereocenters. The molecule has 2 amide bonds. The zero-order chi connectivity index (χ0) is 17.3. The van der Waals surface area contributed by atoms with E-state index in [2.05, 4.69) is 24.5 Å². The van der Waals surface area contributed by atoms with Crippen molar-refractivity contribution in [1.82, 2.24) is 10.6 Å². The van der Waals surface area contributed by atoms with Crippen molar-refractivity contribution in [2.24, 2.45) is 0 Å². The summed E-state index contributed by atoms with van der Waals surface area (Å²) in [6.07, 6.45) is 9.87. The van der Waals surface area contributed by atoms with Crippen LogP contribution < -0.4 is 10.6 Å². The Balaban J connectivity index is 3.59. The van der Waals surface area contributed by atoms with Crippen molar-refractivity contribution in [3.8, 4) is 0 Å². The lowest BCUT2D eigenvalue weighted by Crippen LogP contribution is -2.39. The zero-order valence-electron chi connectivity index (χ0n) is 15.0. The van der Waals surface area contributed by atoms with Crippen LogP contribution in [0.4, 0.5) is 0 Å². The molecule has 0 fully saturated rings. The molecule has 0 radical (unpaired) electrons. The maximum absolute atomic E-state index is 11.7. The van der Waals surface area contributed by atoms with Crippen LogP contribution in [0.15, 0.2) is 0 Å². The number of carbonyl (C=O) groups excluding carboxylic acids is 2.